The Morgan fingerprint density at radius 1 is 0.949 bits per heavy atom. The molecule has 2 atom stereocenters. The molecule has 2 amide bonds. The molecule has 39 heavy (non-hydrogen) atoms. The lowest BCUT2D eigenvalue weighted by atomic mass is 9.94. The van der Waals surface area contributed by atoms with Crippen molar-refractivity contribution < 1.29 is 23.5 Å². The second-order valence-electron chi connectivity index (χ2n) is 9.73. The minimum Gasteiger partial charge on any atom is -0.457 e. The van der Waals surface area contributed by atoms with Crippen LogP contribution in [0.4, 0.5) is 4.39 Å². The van der Waals surface area contributed by atoms with Gasteiger partial charge >= 0.3 is 0 Å². The molecule has 0 bridgehead atoms. The number of rotatable bonds is 9. The van der Waals surface area contributed by atoms with Crippen LogP contribution in [0.5, 0.6) is 11.5 Å². The van der Waals surface area contributed by atoms with Gasteiger partial charge in [0.2, 0.25) is 11.8 Å². The quantitative estimate of drug-likeness (QED) is 0.340. The zero-order valence-electron chi connectivity index (χ0n) is 21.1. The number of nitrogens with zero attached hydrogens (tertiary/aromatic N) is 2. The number of Topliss-reactive ketones (excluding diaryl/α,β-unsaturated/α-hetero) is 1. The van der Waals surface area contributed by atoms with E-state index in [1.54, 1.807) is 29.2 Å². The van der Waals surface area contributed by atoms with E-state index in [4.69, 9.17) is 17.0 Å². The van der Waals surface area contributed by atoms with E-state index in [0.717, 1.165) is 17.5 Å². The monoisotopic (exact) mass is 562 g/mol. The van der Waals surface area contributed by atoms with Crippen molar-refractivity contribution in [3.05, 3.63) is 95.8 Å². The number of amides is 2. The first-order valence-electron chi connectivity index (χ1n) is 12.7. The van der Waals surface area contributed by atoms with Gasteiger partial charge in [0.1, 0.15) is 28.2 Å². The fraction of sp³-hybridized carbons (Fsp3) is 0.267. The predicted molar refractivity (Wildman–Crippen MR) is 152 cm³/mol. The van der Waals surface area contributed by atoms with Gasteiger partial charge in [-0.05, 0) is 66.3 Å². The number of carbonyl (C=O) groups is 3. The number of ketones is 1. The molecule has 0 aromatic heterocycles. The standard InChI is InChI=1S/C30H27FN2O4S2/c31-23-8-12-25(13-9-23)37-24-10-6-21(7-11-24)16-27(34)26-15-22(14-20-4-2-1-3-5-20)17-32(26)28(35)18-33-29(36)19-39-30(33)38/h1-13,22,26H,14-19H2/t22-,26+/m1/s1. The molecule has 2 fully saturated rings. The first kappa shape index (κ1) is 27.0. The second-order valence-corrected chi connectivity index (χ2v) is 11.3. The van der Waals surface area contributed by atoms with Gasteiger partial charge in [-0.25, -0.2) is 4.39 Å². The second kappa shape index (κ2) is 12.1. The highest BCUT2D eigenvalue weighted by molar-refractivity contribution is 8.23. The van der Waals surface area contributed by atoms with Gasteiger partial charge in [0, 0.05) is 13.0 Å². The Hall–Kier alpha value is -3.56. The van der Waals surface area contributed by atoms with Crippen LogP contribution in [0.15, 0.2) is 78.9 Å². The third kappa shape index (κ3) is 6.72. The maximum atomic E-state index is 13.5. The lowest BCUT2D eigenvalue weighted by Gasteiger charge is -2.26. The van der Waals surface area contributed by atoms with Gasteiger partial charge in [-0.2, -0.15) is 0 Å². The zero-order valence-corrected chi connectivity index (χ0v) is 22.8. The van der Waals surface area contributed by atoms with E-state index in [1.165, 1.54) is 28.8 Å². The van der Waals surface area contributed by atoms with Crippen molar-refractivity contribution in [3.8, 4) is 11.5 Å². The molecule has 2 aliphatic rings. The molecule has 0 spiro atoms. The number of ether oxygens (including phenoxy) is 1. The fourth-order valence-electron chi connectivity index (χ4n) is 4.99. The molecule has 6 nitrogen and oxygen atoms in total. The number of likely N-dealkylation sites (tertiary alicyclic amines) is 1. The minimum atomic E-state index is -0.569. The molecule has 2 heterocycles. The number of benzene rings is 3. The summed E-state index contributed by atoms with van der Waals surface area (Å²) in [5.41, 5.74) is 1.96. The molecule has 2 aliphatic heterocycles. The maximum absolute atomic E-state index is 13.5. The fourth-order valence-corrected chi connectivity index (χ4v) is 6.06. The summed E-state index contributed by atoms with van der Waals surface area (Å²) in [6.07, 6.45) is 1.50. The molecule has 0 N–H and O–H groups in total. The SMILES string of the molecule is O=C(Cc1ccc(Oc2ccc(F)cc2)cc1)[C@@H]1C[C@@H](Cc2ccccc2)CN1C(=O)CN1C(=O)CSC1=S. The van der Waals surface area contributed by atoms with Gasteiger partial charge in [0.15, 0.2) is 5.78 Å². The summed E-state index contributed by atoms with van der Waals surface area (Å²) >= 11 is 6.50. The first-order valence-corrected chi connectivity index (χ1v) is 14.1. The Kier molecular flexibility index (Phi) is 8.38. The zero-order chi connectivity index (χ0) is 27.4. The average Bonchev–Trinajstić information content (AvgIpc) is 3.50. The van der Waals surface area contributed by atoms with Crippen LogP contribution in [-0.2, 0) is 27.2 Å². The van der Waals surface area contributed by atoms with E-state index in [0.29, 0.717) is 28.8 Å². The van der Waals surface area contributed by atoms with Crippen molar-refractivity contribution >= 4 is 45.9 Å². The summed E-state index contributed by atoms with van der Waals surface area (Å²) in [7, 11) is 0. The van der Waals surface area contributed by atoms with Crippen LogP contribution in [0.3, 0.4) is 0 Å². The van der Waals surface area contributed by atoms with Gasteiger partial charge in [0.25, 0.3) is 0 Å². The number of hydrogen-bond acceptors (Lipinski definition) is 6. The molecule has 0 saturated carbocycles. The molecular weight excluding hydrogens is 535 g/mol. The Morgan fingerprint density at radius 3 is 2.26 bits per heavy atom. The van der Waals surface area contributed by atoms with E-state index in [2.05, 4.69) is 12.1 Å². The van der Waals surface area contributed by atoms with Crippen LogP contribution in [0.25, 0.3) is 0 Å². The van der Waals surface area contributed by atoms with Crippen LogP contribution in [0.1, 0.15) is 17.5 Å². The molecule has 200 valence electrons. The van der Waals surface area contributed by atoms with Crippen LogP contribution in [0, 0.1) is 11.7 Å². The highest BCUT2D eigenvalue weighted by atomic mass is 32.2. The Labute approximate surface area is 236 Å². The average molecular weight is 563 g/mol. The van der Waals surface area contributed by atoms with Crippen molar-refractivity contribution in [1.29, 1.82) is 0 Å². The number of carbonyl (C=O) groups excluding carboxylic acids is 3. The van der Waals surface area contributed by atoms with Gasteiger partial charge < -0.3 is 9.64 Å². The van der Waals surface area contributed by atoms with Gasteiger partial charge in [-0.1, -0.05) is 66.4 Å². The van der Waals surface area contributed by atoms with Crippen molar-refractivity contribution in [2.75, 3.05) is 18.8 Å². The molecule has 9 heteroatoms. The summed E-state index contributed by atoms with van der Waals surface area (Å²) < 4.78 is 19.3. The molecular formula is C30H27FN2O4S2. The normalized spacial score (nSPS) is 19.0. The van der Waals surface area contributed by atoms with Crippen LogP contribution in [-0.4, -0.2) is 56.6 Å². The number of thiocarbonyl (C=S) groups is 1. The van der Waals surface area contributed by atoms with Crippen molar-refractivity contribution in [3.63, 3.8) is 0 Å². The third-order valence-electron chi connectivity index (χ3n) is 6.93. The van der Waals surface area contributed by atoms with Crippen molar-refractivity contribution in [2.24, 2.45) is 5.92 Å². The molecule has 3 aromatic rings. The first-order chi connectivity index (χ1) is 18.9. The molecule has 5 rings (SSSR count). The minimum absolute atomic E-state index is 0.0455. The number of hydrogen-bond donors (Lipinski definition) is 0. The van der Waals surface area contributed by atoms with E-state index in [1.807, 2.05) is 30.3 Å². The Balaban J connectivity index is 1.27. The number of halogens is 1. The molecule has 3 aromatic carbocycles. The third-order valence-corrected chi connectivity index (χ3v) is 8.36. The predicted octanol–water partition coefficient (Wildman–Crippen LogP) is 5.05. The van der Waals surface area contributed by atoms with E-state index in [9.17, 15) is 18.8 Å². The highest BCUT2D eigenvalue weighted by Gasteiger charge is 2.40. The van der Waals surface area contributed by atoms with Crippen LogP contribution in [0.2, 0.25) is 0 Å². The van der Waals surface area contributed by atoms with Gasteiger partial charge in [0.05, 0.1) is 11.8 Å². The van der Waals surface area contributed by atoms with Crippen LogP contribution >= 0.6 is 24.0 Å². The smallest absolute Gasteiger partial charge is 0.243 e. The summed E-state index contributed by atoms with van der Waals surface area (Å²) in [5.74, 6) is 0.640. The molecule has 2 saturated heterocycles. The van der Waals surface area contributed by atoms with Crippen LogP contribution < -0.4 is 4.74 Å². The molecule has 0 radical (unpaired) electrons. The van der Waals surface area contributed by atoms with E-state index >= 15 is 0 Å². The highest BCUT2D eigenvalue weighted by Crippen LogP contribution is 2.30. The number of thioether (sulfide) groups is 1. The largest absolute Gasteiger partial charge is 0.457 e. The molecule has 0 aliphatic carbocycles. The van der Waals surface area contributed by atoms with Gasteiger partial charge in [-0.15, -0.1) is 0 Å². The Bertz CT molecular complexity index is 1350. The van der Waals surface area contributed by atoms with E-state index in [-0.39, 0.29) is 48.1 Å². The molecule has 0 unspecified atom stereocenters. The lowest BCUT2D eigenvalue weighted by Crippen LogP contribution is -2.47. The lowest BCUT2D eigenvalue weighted by molar-refractivity contribution is -0.139. The Morgan fingerprint density at radius 2 is 1.62 bits per heavy atom. The summed E-state index contributed by atoms with van der Waals surface area (Å²) in [6, 6.07) is 22.4. The van der Waals surface area contributed by atoms with Crippen molar-refractivity contribution in [2.45, 2.75) is 25.3 Å². The van der Waals surface area contributed by atoms with E-state index < -0.39 is 6.04 Å². The topological polar surface area (TPSA) is 66.9 Å². The maximum Gasteiger partial charge on any atom is 0.243 e. The summed E-state index contributed by atoms with van der Waals surface area (Å²) in [4.78, 5) is 42.1. The summed E-state index contributed by atoms with van der Waals surface area (Å²) in [6.45, 7) is 0.318. The van der Waals surface area contributed by atoms with Gasteiger partial charge in [-0.3, -0.25) is 19.3 Å². The summed E-state index contributed by atoms with van der Waals surface area (Å²) in [5, 5.41) is 0. The van der Waals surface area contributed by atoms with Crippen molar-refractivity contribution in [1.82, 2.24) is 9.80 Å².